The minimum atomic E-state index is -0.0470. The van der Waals surface area contributed by atoms with Gasteiger partial charge >= 0.3 is 0 Å². The second-order valence-electron chi connectivity index (χ2n) is 4.72. The van der Waals surface area contributed by atoms with E-state index in [1.54, 1.807) is 0 Å². The van der Waals surface area contributed by atoms with Crippen LogP contribution in [0.15, 0.2) is 30.3 Å². The van der Waals surface area contributed by atoms with Gasteiger partial charge in [-0.1, -0.05) is 0 Å². The van der Waals surface area contributed by atoms with Gasteiger partial charge in [-0.2, -0.15) is 0 Å². The summed E-state index contributed by atoms with van der Waals surface area (Å²) < 4.78 is 0. The average Bonchev–Trinajstić information content (AvgIpc) is 2.35. The highest BCUT2D eigenvalue weighted by Crippen LogP contribution is 2.17. The van der Waals surface area contributed by atoms with E-state index >= 15 is 0 Å². The van der Waals surface area contributed by atoms with Gasteiger partial charge in [0.15, 0.2) is 0 Å². The molecule has 100 valence electrons. The van der Waals surface area contributed by atoms with Crippen molar-refractivity contribution >= 4 is 28.3 Å². The Labute approximate surface area is 112 Å². The van der Waals surface area contributed by atoms with Gasteiger partial charge in [-0.3, -0.25) is 4.79 Å². The first-order valence-corrected chi connectivity index (χ1v) is 6.24. The molecule has 0 radical (unpaired) electrons. The molecule has 4 N–H and O–H groups in total. The molecule has 0 saturated heterocycles. The number of amides is 1. The second kappa shape index (κ2) is 5.56. The minimum Gasteiger partial charge on any atom is -0.399 e. The van der Waals surface area contributed by atoms with Crippen LogP contribution in [-0.4, -0.2) is 23.5 Å². The van der Waals surface area contributed by atoms with Crippen LogP contribution in [0, 0.1) is 0 Å². The summed E-state index contributed by atoms with van der Waals surface area (Å²) in [4.78, 5) is 15.9. The number of nitrogens with two attached hydrogens (primary N) is 1. The Hall–Kier alpha value is -2.30. The fraction of sp³-hybridized carbons (Fsp3) is 0.286. The Kier molecular flexibility index (Phi) is 3.85. The number of hydrogen-bond donors (Lipinski definition) is 3. The quantitative estimate of drug-likeness (QED) is 0.730. The summed E-state index contributed by atoms with van der Waals surface area (Å²) >= 11 is 0. The molecule has 0 bridgehead atoms. The van der Waals surface area contributed by atoms with Gasteiger partial charge in [0.05, 0.1) is 12.1 Å². The number of pyridine rings is 1. The number of fused-ring (bicyclic) bond motifs is 1. The molecule has 0 aliphatic carbocycles. The maximum atomic E-state index is 11.5. The first-order valence-electron chi connectivity index (χ1n) is 6.24. The number of nitrogens with one attached hydrogen (secondary N) is 2. The molecule has 0 unspecified atom stereocenters. The van der Waals surface area contributed by atoms with Crippen molar-refractivity contribution in [3.8, 4) is 0 Å². The van der Waals surface area contributed by atoms with E-state index in [0.717, 1.165) is 10.9 Å². The molecule has 1 heterocycles. The fourth-order valence-electron chi connectivity index (χ4n) is 1.79. The average molecular weight is 258 g/mol. The van der Waals surface area contributed by atoms with Crippen LogP contribution >= 0.6 is 0 Å². The van der Waals surface area contributed by atoms with Crippen LogP contribution in [0.4, 0.5) is 11.5 Å². The van der Waals surface area contributed by atoms with Crippen molar-refractivity contribution in [3.63, 3.8) is 0 Å². The zero-order valence-electron chi connectivity index (χ0n) is 11.1. The molecule has 0 aliphatic rings. The standard InChI is InChI=1S/C14H18N4O/c1-9(2)17-14(19)8-16-13-6-3-10-7-11(15)4-5-12(10)18-13/h3-7,9H,8,15H2,1-2H3,(H,16,18)(H,17,19). The summed E-state index contributed by atoms with van der Waals surface area (Å²) in [6, 6.07) is 9.46. The minimum absolute atomic E-state index is 0.0470. The summed E-state index contributed by atoms with van der Waals surface area (Å²) in [5.74, 6) is 0.630. The Morgan fingerprint density at radius 1 is 1.32 bits per heavy atom. The summed E-state index contributed by atoms with van der Waals surface area (Å²) in [6.07, 6.45) is 0. The van der Waals surface area contributed by atoms with E-state index in [1.165, 1.54) is 0 Å². The normalized spacial score (nSPS) is 10.7. The largest absolute Gasteiger partial charge is 0.399 e. The molecule has 1 aromatic carbocycles. The number of hydrogen-bond acceptors (Lipinski definition) is 4. The van der Waals surface area contributed by atoms with E-state index in [9.17, 15) is 4.79 Å². The summed E-state index contributed by atoms with van der Waals surface area (Å²) in [5, 5.41) is 6.80. The molecule has 5 nitrogen and oxygen atoms in total. The van der Waals surface area contributed by atoms with Gasteiger partial charge in [0, 0.05) is 17.1 Å². The molecule has 0 spiro atoms. The third-order valence-corrected chi connectivity index (χ3v) is 2.59. The van der Waals surface area contributed by atoms with Crippen LogP contribution in [0.1, 0.15) is 13.8 Å². The summed E-state index contributed by atoms with van der Waals surface area (Å²) in [6.45, 7) is 4.07. The Morgan fingerprint density at radius 2 is 2.11 bits per heavy atom. The number of carbonyl (C=O) groups is 1. The molecule has 0 aliphatic heterocycles. The number of carbonyl (C=O) groups excluding carboxylic acids is 1. The molecule has 2 aromatic rings. The summed E-state index contributed by atoms with van der Waals surface area (Å²) in [7, 11) is 0. The molecule has 0 saturated carbocycles. The van der Waals surface area contributed by atoms with Crippen molar-refractivity contribution in [2.24, 2.45) is 0 Å². The Balaban J connectivity index is 2.05. The van der Waals surface area contributed by atoms with Gasteiger partial charge in [-0.25, -0.2) is 4.98 Å². The van der Waals surface area contributed by atoms with Crippen LogP contribution in [0.2, 0.25) is 0 Å². The molecular weight excluding hydrogens is 240 g/mol. The predicted molar refractivity (Wildman–Crippen MR) is 77.9 cm³/mol. The lowest BCUT2D eigenvalue weighted by molar-refractivity contribution is -0.119. The zero-order chi connectivity index (χ0) is 13.8. The topological polar surface area (TPSA) is 80.0 Å². The van der Waals surface area contributed by atoms with E-state index in [-0.39, 0.29) is 18.5 Å². The molecule has 0 fully saturated rings. The van der Waals surface area contributed by atoms with E-state index in [1.807, 2.05) is 44.2 Å². The van der Waals surface area contributed by atoms with Crippen LogP contribution < -0.4 is 16.4 Å². The van der Waals surface area contributed by atoms with Gasteiger partial charge in [0.2, 0.25) is 5.91 Å². The maximum Gasteiger partial charge on any atom is 0.239 e. The van der Waals surface area contributed by atoms with E-state index in [4.69, 9.17) is 5.73 Å². The maximum absolute atomic E-state index is 11.5. The monoisotopic (exact) mass is 258 g/mol. The van der Waals surface area contributed by atoms with Crippen molar-refractivity contribution < 1.29 is 4.79 Å². The van der Waals surface area contributed by atoms with Crippen LogP contribution in [0.5, 0.6) is 0 Å². The smallest absolute Gasteiger partial charge is 0.239 e. The van der Waals surface area contributed by atoms with Crippen LogP contribution in [-0.2, 0) is 4.79 Å². The van der Waals surface area contributed by atoms with Gasteiger partial charge in [0.1, 0.15) is 5.82 Å². The van der Waals surface area contributed by atoms with Gasteiger partial charge in [0.25, 0.3) is 0 Å². The number of rotatable bonds is 4. The summed E-state index contributed by atoms with van der Waals surface area (Å²) in [5.41, 5.74) is 7.27. The third-order valence-electron chi connectivity index (χ3n) is 2.59. The molecule has 19 heavy (non-hydrogen) atoms. The second-order valence-corrected chi connectivity index (χ2v) is 4.72. The van der Waals surface area contributed by atoms with Gasteiger partial charge < -0.3 is 16.4 Å². The number of nitrogen functional groups attached to an aromatic ring is 1. The SMILES string of the molecule is CC(C)NC(=O)CNc1ccc2cc(N)ccc2n1. The van der Waals surface area contributed by atoms with Crippen molar-refractivity contribution in [2.45, 2.75) is 19.9 Å². The van der Waals surface area contributed by atoms with E-state index in [2.05, 4.69) is 15.6 Å². The van der Waals surface area contributed by atoms with Crippen molar-refractivity contribution in [3.05, 3.63) is 30.3 Å². The Morgan fingerprint density at radius 3 is 2.84 bits per heavy atom. The van der Waals surface area contributed by atoms with Gasteiger partial charge in [-0.05, 0) is 44.2 Å². The number of aromatic nitrogens is 1. The molecule has 0 atom stereocenters. The zero-order valence-corrected chi connectivity index (χ0v) is 11.1. The van der Waals surface area contributed by atoms with Gasteiger partial charge in [-0.15, -0.1) is 0 Å². The number of nitrogens with zero attached hydrogens (tertiary/aromatic N) is 1. The highest BCUT2D eigenvalue weighted by Gasteiger charge is 2.04. The van der Waals surface area contributed by atoms with Crippen molar-refractivity contribution in [1.82, 2.24) is 10.3 Å². The molecule has 5 heteroatoms. The molecular formula is C14H18N4O. The molecule has 1 aromatic heterocycles. The molecule has 2 rings (SSSR count). The Bertz CT molecular complexity index is 595. The first-order chi connectivity index (χ1) is 9.04. The lowest BCUT2D eigenvalue weighted by Crippen LogP contribution is -2.34. The fourth-order valence-corrected chi connectivity index (χ4v) is 1.79. The lowest BCUT2D eigenvalue weighted by atomic mass is 10.2. The van der Waals surface area contributed by atoms with Crippen molar-refractivity contribution in [2.75, 3.05) is 17.6 Å². The van der Waals surface area contributed by atoms with Crippen LogP contribution in [0.3, 0.4) is 0 Å². The third kappa shape index (κ3) is 3.58. The highest BCUT2D eigenvalue weighted by molar-refractivity contribution is 5.84. The van der Waals surface area contributed by atoms with E-state index < -0.39 is 0 Å². The predicted octanol–water partition coefficient (Wildman–Crippen LogP) is 1.75. The first kappa shape index (κ1) is 13.1. The van der Waals surface area contributed by atoms with Crippen LogP contribution in [0.25, 0.3) is 10.9 Å². The van der Waals surface area contributed by atoms with Crippen molar-refractivity contribution in [1.29, 1.82) is 0 Å². The lowest BCUT2D eigenvalue weighted by Gasteiger charge is -2.10. The number of benzene rings is 1. The van der Waals surface area contributed by atoms with E-state index in [0.29, 0.717) is 11.5 Å². The molecule has 1 amide bonds. The number of anilines is 2. The highest BCUT2D eigenvalue weighted by atomic mass is 16.1.